The fraction of sp³-hybridized carbons (Fsp3) is 0.0345. The largest absolute Gasteiger partial charge is 0.0622 e. The number of hydrogen-bond acceptors (Lipinski definition) is 0. The van der Waals surface area contributed by atoms with Gasteiger partial charge in [0.15, 0.2) is 0 Å². The second kappa shape index (κ2) is 7.41. The van der Waals surface area contributed by atoms with Gasteiger partial charge >= 0.3 is 0 Å². The third kappa shape index (κ3) is 3.46. The highest BCUT2D eigenvalue weighted by Crippen LogP contribution is 2.32. The van der Waals surface area contributed by atoms with Gasteiger partial charge in [-0.1, -0.05) is 96.6 Å². The van der Waals surface area contributed by atoms with E-state index in [0.717, 1.165) is 0 Å². The lowest BCUT2D eigenvalue weighted by atomic mass is 9.96. The van der Waals surface area contributed by atoms with Gasteiger partial charge in [0.2, 0.25) is 0 Å². The average molecular weight is 370 g/mol. The number of fused-ring (bicyclic) bond motifs is 5. The summed E-state index contributed by atoms with van der Waals surface area (Å²) in [4.78, 5) is 0. The quantitative estimate of drug-likeness (QED) is 0.186. The molecule has 0 saturated carbocycles. The van der Waals surface area contributed by atoms with Gasteiger partial charge in [0.25, 0.3) is 0 Å². The molecule has 0 aliphatic rings. The fourth-order valence-corrected chi connectivity index (χ4v) is 3.97. The predicted octanol–water partition coefficient (Wildman–Crippen LogP) is 8.29. The third-order valence-corrected chi connectivity index (χ3v) is 5.51. The molecule has 0 spiro atoms. The highest BCUT2D eigenvalue weighted by Gasteiger charge is 2.04. The minimum atomic E-state index is 1.30. The van der Waals surface area contributed by atoms with E-state index in [9.17, 15) is 0 Å². The second-order valence-electron chi connectivity index (χ2n) is 7.56. The van der Waals surface area contributed by atoms with Crippen LogP contribution in [0.4, 0.5) is 0 Å². The van der Waals surface area contributed by atoms with E-state index in [2.05, 4.69) is 104 Å². The average Bonchev–Trinajstić information content (AvgIpc) is 2.77. The zero-order valence-corrected chi connectivity index (χ0v) is 16.5. The van der Waals surface area contributed by atoms with Gasteiger partial charge in [0, 0.05) is 0 Å². The first-order valence-electron chi connectivity index (χ1n) is 10.0. The summed E-state index contributed by atoms with van der Waals surface area (Å²) >= 11 is 0. The summed E-state index contributed by atoms with van der Waals surface area (Å²) in [6.07, 6.45) is 0. The van der Waals surface area contributed by atoms with Crippen LogP contribution in [-0.2, 0) is 0 Å². The molecule has 0 amide bonds. The maximum atomic E-state index is 2.32. The first kappa shape index (κ1) is 17.5. The Hall–Kier alpha value is -3.64. The van der Waals surface area contributed by atoms with Crippen LogP contribution >= 0.6 is 0 Å². The van der Waals surface area contributed by atoms with Crippen LogP contribution in [0.3, 0.4) is 0 Å². The monoisotopic (exact) mass is 370 g/mol. The summed E-state index contributed by atoms with van der Waals surface area (Å²) in [5.41, 5.74) is 1.32. The summed E-state index contributed by atoms with van der Waals surface area (Å²) in [6.45, 7) is 2.08. The standard InChI is InChI=1S/C22H14.C7H8/c1-3-7-17-13-21-19(11-15(17)5-1)9-10-20-12-16-6-2-4-8-18(16)14-22(20)21;1-7-5-3-2-4-6-7/h1-14H;2-6H,1H3. The van der Waals surface area contributed by atoms with Crippen molar-refractivity contribution in [3.63, 3.8) is 0 Å². The van der Waals surface area contributed by atoms with Gasteiger partial charge in [-0.05, 0) is 74.3 Å². The maximum Gasteiger partial charge on any atom is -0.00988 e. The molecule has 0 aliphatic carbocycles. The van der Waals surface area contributed by atoms with E-state index in [-0.39, 0.29) is 0 Å². The second-order valence-corrected chi connectivity index (χ2v) is 7.56. The van der Waals surface area contributed by atoms with Crippen molar-refractivity contribution in [2.45, 2.75) is 6.92 Å². The molecule has 0 aromatic heterocycles. The zero-order chi connectivity index (χ0) is 19.6. The lowest BCUT2D eigenvalue weighted by Gasteiger charge is -2.08. The van der Waals surface area contributed by atoms with Crippen LogP contribution in [0, 0.1) is 6.92 Å². The number of hydrogen-bond donors (Lipinski definition) is 0. The molecule has 0 heteroatoms. The number of rotatable bonds is 0. The maximum absolute atomic E-state index is 2.32. The van der Waals surface area contributed by atoms with Crippen molar-refractivity contribution in [3.8, 4) is 0 Å². The van der Waals surface area contributed by atoms with Crippen LogP contribution in [0.2, 0.25) is 0 Å². The molecule has 0 saturated heterocycles. The third-order valence-electron chi connectivity index (χ3n) is 5.51. The molecule has 0 radical (unpaired) electrons. The summed E-state index contributed by atoms with van der Waals surface area (Å²) in [5, 5.41) is 10.5. The van der Waals surface area contributed by atoms with Gasteiger partial charge in [0.05, 0.1) is 0 Å². The molecule has 0 bridgehead atoms. The zero-order valence-electron chi connectivity index (χ0n) is 16.5. The molecule has 6 aromatic rings. The van der Waals surface area contributed by atoms with Crippen LogP contribution in [-0.4, -0.2) is 0 Å². The van der Waals surface area contributed by atoms with Gasteiger partial charge in [-0.3, -0.25) is 0 Å². The van der Waals surface area contributed by atoms with Crippen molar-refractivity contribution in [2.75, 3.05) is 0 Å². The van der Waals surface area contributed by atoms with Gasteiger partial charge in [-0.2, -0.15) is 0 Å². The molecule has 6 rings (SSSR count). The highest BCUT2D eigenvalue weighted by molar-refractivity contribution is 6.15. The topological polar surface area (TPSA) is 0 Å². The minimum Gasteiger partial charge on any atom is -0.0622 e. The lowest BCUT2D eigenvalue weighted by molar-refractivity contribution is 1.48. The van der Waals surface area contributed by atoms with E-state index in [1.807, 2.05) is 18.2 Å². The van der Waals surface area contributed by atoms with Crippen molar-refractivity contribution in [1.82, 2.24) is 0 Å². The van der Waals surface area contributed by atoms with E-state index in [1.54, 1.807) is 0 Å². The molecular formula is C29H22. The molecule has 6 aromatic carbocycles. The smallest absolute Gasteiger partial charge is 0.00988 e. The van der Waals surface area contributed by atoms with E-state index >= 15 is 0 Å². The molecule has 0 nitrogen and oxygen atoms in total. The molecule has 29 heavy (non-hydrogen) atoms. The molecule has 0 unspecified atom stereocenters. The fourth-order valence-electron chi connectivity index (χ4n) is 3.97. The van der Waals surface area contributed by atoms with E-state index in [4.69, 9.17) is 0 Å². The Bertz CT molecular complexity index is 1350. The lowest BCUT2D eigenvalue weighted by Crippen LogP contribution is -1.81. The van der Waals surface area contributed by atoms with Crippen molar-refractivity contribution >= 4 is 43.1 Å². The van der Waals surface area contributed by atoms with E-state index in [1.165, 1.54) is 48.7 Å². The Labute approximate surface area is 171 Å². The first-order valence-corrected chi connectivity index (χ1v) is 10.0. The summed E-state index contributed by atoms with van der Waals surface area (Å²) in [5.74, 6) is 0. The minimum absolute atomic E-state index is 1.30. The van der Waals surface area contributed by atoms with Crippen LogP contribution in [0.5, 0.6) is 0 Å². The summed E-state index contributed by atoms with van der Waals surface area (Å²) in [7, 11) is 0. The van der Waals surface area contributed by atoms with Crippen molar-refractivity contribution in [2.24, 2.45) is 0 Å². The van der Waals surface area contributed by atoms with Crippen LogP contribution in [0.25, 0.3) is 43.1 Å². The first-order chi connectivity index (χ1) is 14.3. The molecule has 0 atom stereocenters. The van der Waals surface area contributed by atoms with Gasteiger partial charge in [-0.25, -0.2) is 0 Å². The van der Waals surface area contributed by atoms with Gasteiger partial charge in [-0.15, -0.1) is 0 Å². The normalized spacial score (nSPS) is 10.9. The molecule has 0 heterocycles. The summed E-state index contributed by atoms with van der Waals surface area (Å²) < 4.78 is 0. The van der Waals surface area contributed by atoms with Crippen molar-refractivity contribution < 1.29 is 0 Å². The Morgan fingerprint density at radius 1 is 0.345 bits per heavy atom. The Morgan fingerprint density at radius 2 is 0.724 bits per heavy atom. The van der Waals surface area contributed by atoms with E-state index < -0.39 is 0 Å². The SMILES string of the molecule is Cc1ccccc1.c1ccc2cc3c(ccc4cc5ccccc5cc43)cc2c1. The Kier molecular flexibility index (Phi) is 4.46. The van der Waals surface area contributed by atoms with E-state index in [0.29, 0.717) is 0 Å². The molecule has 0 N–H and O–H groups in total. The Balaban J connectivity index is 0.000000222. The van der Waals surface area contributed by atoms with Crippen molar-refractivity contribution in [1.29, 1.82) is 0 Å². The van der Waals surface area contributed by atoms with Crippen molar-refractivity contribution in [3.05, 3.63) is 121 Å². The van der Waals surface area contributed by atoms with Crippen LogP contribution < -0.4 is 0 Å². The Morgan fingerprint density at radius 3 is 1.10 bits per heavy atom. The number of aryl methyl sites for hydroxylation is 1. The molecular weight excluding hydrogens is 348 g/mol. The van der Waals surface area contributed by atoms with Gasteiger partial charge < -0.3 is 0 Å². The van der Waals surface area contributed by atoms with Crippen LogP contribution in [0.15, 0.2) is 115 Å². The predicted molar refractivity (Wildman–Crippen MR) is 128 cm³/mol. The molecule has 0 aliphatic heterocycles. The highest BCUT2D eigenvalue weighted by atomic mass is 14.1. The van der Waals surface area contributed by atoms with Crippen LogP contribution in [0.1, 0.15) is 5.56 Å². The van der Waals surface area contributed by atoms with Gasteiger partial charge in [0.1, 0.15) is 0 Å². The molecule has 138 valence electrons. The number of benzene rings is 6. The molecule has 0 fully saturated rings. The summed E-state index contributed by atoms with van der Waals surface area (Å²) in [6, 6.07) is 41.1.